The first-order valence-electron chi connectivity index (χ1n) is 6.23. The molecule has 0 unspecified atom stereocenters. The summed E-state index contributed by atoms with van der Waals surface area (Å²) in [5, 5.41) is 0.427. The van der Waals surface area contributed by atoms with E-state index in [1.807, 2.05) is 27.7 Å². The van der Waals surface area contributed by atoms with Crippen molar-refractivity contribution in [3.63, 3.8) is 0 Å². The summed E-state index contributed by atoms with van der Waals surface area (Å²) >= 11 is 5.81. The van der Waals surface area contributed by atoms with E-state index in [-0.39, 0.29) is 22.5 Å². The molecule has 0 aliphatic carbocycles. The van der Waals surface area contributed by atoms with E-state index in [4.69, 9.17) is 17.3 Å². The molecule has 6 heteroatoms. The number of rotatable bonds is 5. The van der Waals surface area contributed by atoms with Crippen molar-refractivity contribution in [2.75, 3.05) is 12.3 Å². The lowest BCUT2D eigenvalue weighted by molar-refractivity contribution is 0.319. The Kier molecular flexibility index (Phi) is 5.24. The predicted molar refractivity (Wildman–Crippen MR) is 79.7 cm³/mol. The molecular weight excluding hydrogens is 284 g/mol. The average Bonchev–Trinajstić information content (AvgIpc) is 2.24. The van der Waals surface area contributed by atoms with Crippen LogP contribution in [0.15, 0.2) is 23.1 Å². The molecule has 0 aromatic heterocycles. The summed E-state index contributed by atoms with van der Waals surface area (Å²) in [7, 11) is -3.59. The zero-order valence-corrected chi connectivity index (χ0v) is 13.3. The molecule has 0 fully saturated rings. The number of hydrogen-bond acceptors (Lipinski definition) is 3. The molecule has 0 saturated heterocycles. The van der Waals surface area contributed by atoms with Crippen molar-refractivity contribution in [1.29, 1.82) is 0 Å². The second-order valence-corrected chi connectivity index (χ2v) is 7.54. The van der Waals surface area contributed by atoms with Gasteiger partial charge in [0.25, 0.3) is 0 Å². The Morgan fingerprint density at radius 1 is 1.26 bits per heavy atom. The van der Waals surface area contributed by atoms with Gasteiger partial charge in [0.05, 0.1) is 5.69 Å². The van der Waals surface area contributed by atoms with Gasteiger partial charge in [-0.1, -0.05) is 25.4 Å². The summed E-state index contributed by atoms with van der Waals surface area (Å²) in [6.07, 6.45) is 0. The minimum atomic E-state index is -3.59. The highest BCUT2D eigenvalue weighted by Crippen LogP contribution is 2.27. The number of benzene rings is 1. The SMILES string of the molecule is CC(C)CN(C(C)C)S(=O)(=O)c1ccc(Cl)cc1N. The van der Waals surface area contributed by atoms with Crippen LogP contribution in [-0.4, -0.2) is 25.3 Å². The lowest BCUT2D eigenvalue weighted by Gasteiger charge is -2.28. The Morgan fingerprint density at radius 3 is 2.26 bits per heavy atom. The molecule has 0 radical (unpaired) electrons. The quantitative estimate of drug-likeness (QED) is 0.851. The topological polar surface area (TPSA) is 63.4 Å². The van der Waals surface area contributed by atoms with E-state index in [2.05, 4.69) is 0 Å². The van der Waals surface area contributed by atoms with Crippen LogP contribution < -0.4 is 5.73 Å². The Balaban J connectivity index is 3.27. The Bertz CT molecular complexity index is 542. The number of sulfonamides is 1. The van der Waals surface area contributed by atoms with Crippen molar-refractivity contribution >= 4 is 27.3 Å². The molecule has 0 bridgehead atoms. The molecule has 108 valence electrons. The number of nitrogen functional groups attached to an aromatic ring is 1. The van der Waals surface area contributed by atoms with Crippen LogP contribution in [0.25, 0.3) is 0 Å². The molecule has 1 aromatic carbocycles. The van der Waals surface area contributed by atoms with Gasteiger partial charge in [-0.15, -0.1) is 0 Å². The van der Waals surface area contributed by atoms with Crippen molar-refractivity contribution in [3.8, 4) is 0 Å². The highest BCUT2D eigenvalue weighted by molar-refractivity contribution is 7.89. The summed E-state index contributed by atoms with van der Waals surface area (Å²) in [6, 6.07) is 4.34. The van der Waals surface area contributed by atoms with Crippen LogP contribution in [0.3, 0.4) is 0 Å². The summed E-state index contributed by atoms with van der Waals surface area (Å²) in [5.74, 6) is 0.241. The lowest BCUT2D eigenvalue weighted by atomic mass is 10.2. The molecule has 2 N–H and O–H groups in total. The average molecular weight is 305 g/mol. The normalized spacial score (nSPS) is 12.6. The summed E-state index contributed by atoms with van der Waals surface area (Å²) in [5.41, 5.74) is 5.97. The number of halogens is 1. The molecule has 0 spiro atoms. The third-order valence-corrected chi connectivity index (χ3v) is 5.03. The monoisotopic (exact) mass is 304 g/mol. The van der Waals surface area contributed by atoms with E-state index in [0.29, 0.717) is 11.6 Å². The summed E-state index contributed by atoms with van der Waals surface area (Å²) in [4.78, 5) is 0.117. The number of nitrogens with zero attached hydrogens (tertiary/aromatic N) is 1. The Hall–Kier alpha value is -0.780. The number of nitrogens with two attached hydrogens (primary N) is 1. The zero-order chi connectivity index (χ0) is 14.8. The molecule has 1 aromatic rings. The highest BCUT2D eigenvalue weighted by atomic mass is 35.5. The van der Waals surface area contributed by atoms with Gasteiger partial charge in [0, 0.05) is 17.6 Å². The fraction of sp³-hybridized carbons (Fsp3) is 0.538. The largest absolute Gasteiger partial charge is 0.398 e. The fourth-order valence-corrected chi connectivity index (χ4v) is 3.91. The molecule has 19 heavy (non-hydrogen) atoms. The first kappa shape index (κ1) is 16.3. The second-order valence-electron chi connectivity index (χ2n) is 5.24. The standard InChI is InChI=1S/C13H21ClN2O2S/c1-9(2)8-16(10(3)4)19(17,18)13-6-5-11(14)7-12(13)15/h5-7,9-10H,8,15H2,1-4H3. The molecule has 1 rings (SSSR count). The Morgan fingerprint density at radius 2 is 1.84 bits per heavy atom. The van der Waals surface area contributed by atoms with E-state index in [1.54, 1.807) is 6.07 Å². The maximum absolute atomic E-state index is 12.6. The van der Waals surface area contributed by atoms with Crippen molar-refractivity contribution < 1.29 is 8.42 Å². The molecule has 0 atom stereocenters. The zero-order valence-electron chi connectivity index (χ0n) is 11.7. The van der Waals surface area contributed by atoms with Gasteiger partial charge < -0.3 is 5.73 Å². The van der Waals surface area contributed by atoms with Gasteiger partial charge in [-0.3, -0.25) is 0 Å². The van der Waals surface area contributed by atoms with E-state index in [1.165, 1.54) is 16.4 Å². The molecular formula is C13H21ClN2O2S. The van der Waals surface area contributed by atoms with Gasteiger partial charge in [0.15, 0.2) is 0 Å². The Labute approximate surface area is 120 Å². The van der Waals surface area contributed by atoms with Crippen LogP contribution >= 0.6 is 11.6 Å². The lowest BCUT2D eigenvalue weighted by Crippen LogP contribution is -2.39. The van der Waals surface area contributed by atoms with Crippen molar-refractivity contribution in [3.05, 3.63) is 23.2 Å². The van der Waals surface area contributed by atoms with Gasteiger partial charge in [-0.25, -0.2) is 8.42 Å². The fourth-order valence-electron chi connectivity index (χ4n) is 1.83. The van der Waals surface area contributed by atoms with Gasteiger partial charge in [0.1, 0.15) is 4.90 Å². The van der Waals surface area contributed by atoms with Gasteiger partial charge in [-0.05, 0) is 38.0 Å². The minimum absolute atomic E-state index is 0.117. The third kappa shape index (κ3) is 3.84. The first-order valence-corrected chi connectivity index (χ1v) is 8.05. The van der Waals surface area contributed by atoms with Gasteiger partial charge in [-0.2, -0.15) is 4.31 Å². The van der Waals surface area contributed by atoms with Crippen LogP contribution in [0, 0.1) is 5.92 Å². The molecule has 0 amide bonds. The highest BCUT2D eigenvalue weighted by Gasteiger charge is 2.29. The van der Waals surface area contributed by atoms with E-state index < -0.39 is 10.0 Å². The summed E-state index contributed by atoms with van der Waals surface area (Å²) < 4.78 is 26.8. The molecule has 0 saturated carbocycles. The molecule has 4 nitrogen and oxygen atoms in total. The van der Waals surface area contributed by atoms with Crippen LogP contribution in [0.1, 0.15) is 27.7 Å². The predicted octanol–water partition coefficient (Wildman–Crippen LogP) is 2.98. The number of anilines is 1. The van der Waals surface area contributed by atoms with Crippen LogP contribution in [0.5, 0.6) is 0 Å². The minimum Gasteiger partial charge on any atom is -0.398 e. The molecule has 0 aliphatic heterocycles. The van der Waals surface area contributed by atoms with Crippen LogP contribution in [-0.2, 0) is 10.0 Å². The third-order valence-electron chi connectivity index (χ3n) is 2.68. The second kappa shape index (κ2) is 6.11. The maximum Gasteiger partial charge on any atom is 0.245 e. The van der Waals surface area contributed by atoms with Crippen LogP contribution in [0.2, 0.25) is 5.02 Å². The van der Waals surface area contributed by atoms with Crippen LogP contribution in [0.4, 0.5) is 5.69 Å². The molecule has 0 heterocycles. The van der Waals surface area contributed by atoms with Crippen molar-refractivity contribution in [2.45, 2.75) is 38.6 Å². The van der Waals surface area contributed by atoms with Gasteiger partial charge in [0.2, 0.25) is 10.0 Å². The number of hydrogen-bond donors (Lipinski definition) is 1. The van der Waals surface area contributed by atoms with Gasteiger partial charge >= 0.3 is 0 Å². The van der Waals surface area contributed by atoms with E-state index >= 15 is 0 Å². The first-order chi connectivity index (χ1) is 8.66. The smallest absolute Gasteiger partial charge is 0.245 e. The van der Waals surface area contributed by atoms with E-state index in [0.717, 1.165) is 0 Å². The van der Waals surface area contributed by atoms with Crippen molar-refractivity contribution in [2.24, 2.45) is 5.92 Å². The van der Waals surface area contributed by atoms with Crippen molar-refractivity contribution in [1.82, 2.24) is 4.31 Å². The molecule has 0 aliphatic rings. The maximum atomic E-state index is 12.6. The van der Waals surface area contributed by atoms with E-state index in [9.17, 15) is 8.42 Å². The summed E-state index contributed by atoms with van der Waals surface area (Å²) in [6.45, 7) is 8.13.